The third kappa shape index (κ3) is 1.68. The molecule has 0 amide bonds. The van der Waals surface area contributed by atoms with Gasteiger partial charge in [0, 0.05) is 11.4 Å². The third-order valence-electron chi connectivity index (χ3n) is 1.72. The van der Waals surface area contributed by atoms with E-state index in [2.05, 4.69) is 0 Å². The van der Waals surface area contributed by atoms with Crippen LogP contribution in [0.5, 0.6) is 0 Å². The first-order valence-corrected chi connectivity index (χ1v) is 6.31. The van der Waals surface area contributed by atoms with Gasteiger partial charge in [-0.2, -0.15) is 0 Å². The Hall–Kier alpha value is -0.390. The summed E-state index contributed by atoms with van der Waals surface area (Å²) in [7, 11) is -2.70. The highest BCUT2D eigenvalue weighted by Gasteiger charge is 2.30. The van der Waals surface area contributed by atoms with Gasteiger partial charge >= 0.3 is 0 Å². The van der Waals surface area contributed by atoms with E-state index in [1.54, 1.807) is 11.3 Å². The van der Waals surface area contributed by atoms with Crippen LogP contribution in [0.3, 0.4) is 0 Å². The molecular formula is C7H9NO2S2. The van der Waals surface area contributed by atoms with Crippen LogP contribution in [0, 0.1) is 0 Å². The molecule has 0 unspecified atom stereocenters. The van der Waals surface area contributed by atoms with Crippen LogP contribution in [-0.2, 0) is 16.4 Å². The first-order chi connectivity index (χ1) is 5.66. The van der Waals surface area contributed by atoms with Gasteiger partial charge in [0.05, 0.1) is 0 Å². The van der Waals surface area contributed by atoms with Crippen molar-refractivity contribution in [2.24, 2.45) is 0 Å². The van der Waals surface area contributed by atoms with Crippen molar-refractivity contribution in [3.63, 3.8) is 0 Å². The molecule has 1 fully saturated rings. The van der Waals surface area contributed by atoms with Crippen molar-refractivity contribution in [3.05, 3.63) is 22.4 Å². The Morgan fingerprint density at radius 1 is 1.50 bits per heavy atom. The zero-order chi connectivity index (χ0) is 8.60. The summed E-state index contributed by atoms with van der Waals surface area (Å²) in [5.41, 5.74) is 0. The molecule has 0 radical (unpaired) electrons. The molecule has 1 aromatic heterocycles. The van der Waals surface area contributed by atoms with Crippen molar-refractivity contribution < 1.29 is 8.42 Å². The standard InChI is InChI=1S/C7H9NO2S2/c9-12(10)5-8(6-12)4-7-2-1-3-11-7/h1-3H,4-6H2. The highest BCUT2D eigenvalue weighted by Crippen LogP contribution is 2.18. The van der Waals surface area contributed by atoms with Crippen molar-refractivity contribution in [3.8, 4) is 0 Å². The summed E-state index contributed by atoms with van der Waals surface area (Å²) in [5, 5.41) is 2.00. The Morgan fingerprint density at radius 2 is 2.25 bits per heavy atom. The molecule has 66 valence electrons. The van der Waals surface area contributed by atoms with Crippen LogP contribution < -0.4 is 0 Å². The lowest BCUT2D eigenvalue weighted by molar-refractivity contribution is 0.311. The van der Waals surface area contributed by atoms with Gasteiger partial charge in [0.2, 0.25) is 0 Å². The van der Waals surface area contributed by atoms with Gasteiger partial charge in [0.25, 0.3) is 0 Å². The topological polar surface area (TPSA) is 37.4 Å². The van der Waals surface area contributed by atoms with E-state index in [-0.39, 0.29) is 11.8 Å². The van der Waals surface area contributed by atoms with E-state index in [1.807, 2.05) is 22.4 Å². The molecule has 3 nitrogen and oxygen atoms in total. The van der Waals surface area contributed by atoms with Gasteiger partial charge in [-0.3, -0.25) is 4.90 Å². The predicted molar refractivity (Wildman–Crippen MR) is 48.5 cm³/mol. The summed E-state index contributed by atoms with van der Waals surface area (Å²) in [6.45, 7) is 0.775. The van der Waals surface area contributed by atoms with Crippen molar-refractivity contribution in [2.45, 2.75) is 6.54 Å². The number of hydrogen-bond donors (Lipinski definition) is 0. The zero-order valence-electron chi connectivity index (χ0n) is 6.43. The Kier molecular flexibility index (Phi) is 1.94. The van der Waals surface area contributed by atoms with Crippen molar-refractivity contribution in [1.29, 1.82) is 0 Å². The van der Waals surface area contributed by atoms with Crippen LogP contribution in [-0.4, -0.2) is 25.1 Å². The zero-order valence-corrected chi connectivity index (χ0v) is 8.07. The SMILES string of the molecule is O=S1(=O)CN(Cc2cccs2)C1. The molecule has 2 heterocycles. The van der Waals surface area contributed by atoms with Gasteiger partial charge in [-0.1, -0.05) is 6.07 Å². The molecule has 5 heteroatoms. The highest BCUT2D eigenvalue weighted by atomic mass is 32.2. The molecular weight excluding hydrogens is 194 g/mol. The molecule has 1 aliphatic rings. The van der Waals surface area contributed by atoms with E-state index in [1.165, 1.54) is 4.88 Å². The minimum atomic E-state index is -2.70. The van der Waals surface area contributed by atoms with Crippen LogP contribution in [0.4, 0.5) is 0 Å². The van der Waals surface area contributed by atoms with Crippen molar-refractivity contribution in [1.82, 2.24) is 4.90 Å². The van der Waals surface area contributed by atoms with Gasteiger partial charge in [-0.15, -0.1) is 11.3 Å². The molecule has 1 aromatic rings. The van der Waals surface area contributed by atoms with E-state index in [9.17, 15) is 8.42 Å². The van der Waals surface area contributed by atoms with Crippen molar-refractivity contribution >= 4 is 21.2 Å². The summed E-state index contributed by atoms with van der Waals surface area (Å²) in [6.07, 6.45) is 0. The molecule has 0 bridgehead atoms. The van der Waals surface area contributed by atoms with Crippen LogP contribution >= 0.6 is 11.3 Å². The number of sulfone groups is 1. The number of rotatable bonds is 2. The summed E-state index contributed by atoms with van der Waals surface area (Å²) >= 11 is 1.66. The molecule has 0 saturated carbocycles. The maximum atomic E-state index is 10.8. The van der Waals surface area contributed by atoms with Gasteiger partial charge in [0.15, 0.2) is 9.84 Å². The van der Waals surface area contributed by atoms with Gasteiger partial charge in [-0.05, 0) is 11.4 Å². The van der Waals surface area contributed by atoms with Gasteiger partial charge in [0.1, 0.15) is 11.8 Å². The van der Waals surface area contributed by atoms with E-state index in [0.717, 1.165) is 6.54 Å². The number of hydrogen-bond acceptors (Lipinski definition) is 4. The molecule has 1 aliphatic heterocycles. The largest absolute Gasteiger partial charge is 0.271 e. The Balaban J connectivity index is 1.92. The van der Waals surface area contributed by atoms with Crippen LogP contribution in [0.1, 0.15) is 4.88 Å². The molecule has 0 aromatic carbocycles. The average Bonchev–Trinajstić information content (AvgIpc) is 2.35. The minimum absolute atomic E-state index is 0.227. The lowest BCUT2D eigenvalue weighted by Gasteiger charge is -2.29. The number of thiophene rings is 1. The average molecular weight is 203 g/mol. The second-order valence-electron chi connectivity index (χ2n) is 2.91. The maximum absolute atomic E-state index is 10.8. The molecule has 0 aliphatic carbocycles. The fourth-order valence-corrected chi connectivity index (χ4v) is 3.20. The fourth-order valence-electron chi connectivity index (χ4n) is 1.23. The molecule has 12 heavy (non-hydrogen) atoms. The maximum Gasteiger partial charge on any atom is 0.176 e. The Morgan fingerprint density at radius 3 is 2.75 bits per heavy atom. The minimum Gasteiger partial charge on any atom is -0.271 e. The van der Waals surface area contributed by atoms with Crippen LogP contribution in [0.2, 0.25) is 0 Å². The fraction of sp³-hybridized carbons (Fsp3) is 0.429. The summed E-state index contributed by atoms with van der Waals surface area (Å²) in [4.78, 5) is 3.14. The van der Waals surface area contributed by atoms with E-state index < -0.39 is 9.84 Å². The monoisotopic (exact) mass is 203 g/mol. The van der Waals surface area contributed by atoms with Crippen LogP contribution in [0.15, 0.2) is 17.5 Å². The van der Waals surface area contributed by atoms with Gasteiger partial charge in [-0.25, -0.2) is 8.42 Å². The van der Waals surface area contributed by atoms with Crippen LogP contribution in [0.25, 0.3) is 0 Å². The molecule has 0 N–H and O–H groups in total. The second-order valence-corrected chi connectivity index (χ2v) is 5.95. The normalized spacial score (nSPS) is 22.0. The first kappa shape index (κ1) is 8.22. The quantitative estimate of drug-likeness (QED) is 0.716. The van der Waals surface area contributed by atoms with E-state index in [4.69, 9.17) is 0 Å². The van der Waals surface area contributed by atoms with Crippen molar-refractivity contribution in [2.75, 3.05) is 11.8 Å². The lowest BCUT2D eigenvalue weighted by Crippen LogP contribution is -2.45. The first-order valence-electron chi connectivity index (χ1n) is 3.61. The molecule has 0 atom stereocenters. The summed E-state index contributed by atoms with van der Waals surface area (Å²) in [6, 6.07) is 4.00. The molecule has 0 spiro atoms. The predicted octanol–water partition coefficient (Wildman–Crippen LogP) is 0.893. The summed E-state index contributed by atoms with van der Waals surface area (Å²) < 4.78 is 21.6. The van der Waals surface area contributed by atoms with E-state index >= 15 is 0 Å². The third-order valence-corrected chi connectivity index (χ3v) is 4.10. The smallest absolute Gasteiger partial charge is 0.176 e. The Labute approximate surface area is 75.5 Å². The highest BCUT2D eigenvalue weighted by molar-refractivity contribution is 7.92. The van der Waals surface area contributed by atoms with E-state index in [0.29, 0.717) is 0 Å². The number of nitrogens with zero attached hydrogens (tertiary/aromatic N) is 1. The summed E-state index contributed by atoms with van der Waals surface area (Å²) in [5.74, 6) is 0.454. The lowest BCUT2D eigenvalue weighted by atomic mass is 10.4. The van der Waals surface area contributed by atoms with Gasteiger partial charge < -0.3 is 0 Å². The molecule has 1 saturated heterocycles. The Bertz CT molecular complexity index is 343. The second kappa shape index (κ2) is 2.83. The molecule has 2 rings (SSSR count).